The lowest BCUT2D eigenvalue weighted by Crippen LogP contribution is -2.33. The van der Waals surface area contributed by atoms with Gasteiger partial charge in [0.15, 0.2) is 0 Å². The maximum Gasteiger partial charge on any atom is 0.344 e. The third-order valence-electron chi connectivity index (χ3n) is 5.27. The number of carbonyl (C=O) groups is 2. The van der Waals surface area contributed by atoms with Crippen LogP contribution >= 0.6 is 0 Å². The lowest BCUT2D eigenvalue weighted by molar-refractivity contribution is -0.121. The minimum atomic E-state index is -0.717. The molecule has 0 atom stereocenters. The standard InChI is InChI=1S/C23H17N3O3/c1-23(2)20-18(8-5-9-25-20)26(22(23)28)15-10-14(12-24-13-15)11-19-16-6-3-4-7-17(16)21(27)29-19/h3-13H,1-2H3. The Bertz CT molecular complexity index is 1210. The van der Waals surface area contributed by atoms with E-state index >= 15 is 0 Å². The Morgan fingerprint density at radius 3 is 2.66 bits per heavy atom. The van der Waals surface area contributed by atoms with Crippen molar-refractivity contribution < 1.29 is 14.3 Å². The van der Waals surface area contributed by atoms with Crippen molar-refractivity contribution in [2.24, 2.45) is 0 Å². The quantitative estimate of drug-likeness (QED) is 0.623. The number of fused-ring (bicyclic) bond motifs is 2. The number of hydrogen-bond donors (Lipinski definition) is 0. The molecular weight excluding hydrogens is 366 g/mol. The second kappa shape index (κ2) is 6.10. The summed E-state index contributed by atoms with van der Waals surface area (Å²) in [5.41, 5.74) is 3.44. The number of amides is 1. The second-order valence-electron chi connectivity index (χ2n) is 7.56. The lowest BCUT2D eigenvalue weighted by atomic mass is 9.90. The molecule has 6 nitrogen and oxygen atoms in total. The first kappa shape index (κ1) is 17.3. The van der Waals surface area contributed by atoms with E-state index in [1.54, 1.807) is 41.7 Å². The molecule has 4 heterocycles. The number of ether oxygens (including phenoxy) is 1. The first-order valence-corrected chi connectivity index (χ1v) is 9.25. The molecule has 2 aromatic heterocycles. The van der Waals surface area contributed by atoms with Crippen LogP contribution in [0, 0.1) is 0 Å². The van der Waals surface area contributed by atoms with Crippen molar-refractivity contribution >= 4 is 35.1 Å². The van der Waals surface area contributed by atoms with E-state index in [2.05, 4.69) is 9.97 Å². The Hall–Kier alpha value is -3.80. The molecule has 0 unspecified atom stereocenters. The van der Waals surface area contributed by atoms with Crippen LogP contribution in [0.2, 0.25) is 0 Å². The summed E-state index contributed by atoms with van der Waals surface area (Å²) in [7, 11) is 0. The SMILES string of the molecule is CC1(C)C(=O)N(c2cncc(C=C3OC(=O)c4ccccc43)c2)c2cccnc21. The number of esters is 1. The van der Waals surface area contributed by atoms with Crippen LogP contribution in [0.4, 0.5) is 11.4 Å². The molecule has 5 rings (SSSR count). The molecule has 1 aromatic carbocycles. The van der Waals surface area contributed by atoms with Gasteiger partial charge in [-0.25, -0.2) is 4.79 Å². The minimum absolute atomic E-state index is 0.0598. The van der Waals surface area contributed by atoms with Crippen molar-refractivity contribution in [1.29, 1.82) is 0 Å². The number of nitrogens with zero attached hydrogens (tertiary/aromatic N) is 3. The molecule has 0 N–H and O–H groups in total. The maximum atomic E-state index is 13.1. The second-order valence-corrected chi connectivity index (χ2v) is 7.56. The number of benzene rings is 1. The average molecular weight is 383 g/mol. The van der Waals surface area contributed by atoms with Gasteiger partial charge < -0.3 is 4.74 Å². The topological polar surface area (TPSA) is 72.4 Å². The summed E-state index contributed by atoms with van der Waals surface area (Å²) in [6.45, 7) is 3.74. The Labute approximate surface area is 167 Å². The summed E-state index contributed by atoms with van der Waals surface area (Å²) in [5, 5.41) is 0. The minimum Gasteiger partial charge on any atom is -0.422 e. The molecule has 3 aromatic rings. The van der Waals surface area contributed by atoms with Gasteiger partial charge in [-0.15, -0.1) is 0 Å². The molecule has 0 saturated carbocycles. The Balaban J connectivity index is 1.57. The average Bonchev–Trinajstić information content (AvgIpc) is 3.14. The van der Waals surface area contributed by atoms with Gasteiger partial charge in [-0.1, -0.05) is 18.2 Å². The molecular formula is C23H17N3O3. The number of carbonyl (C=O) groups excluding carboxylic acids is 2. The molecule has 1 amide bonds. The molecule has 0 aliphatic carbocycles. The Kier molecular flexibility index (Phi) is 3.64. The molecule has 0 bridgehead atoms. The largest absolute Gasteiger partial charge is 0.422 e. The maximum absolute atomic E-state index is 13.1. The van der Waals surface area contributed by atoms with Crippen LogP contribution < -0.4 is 4.90 Å². The first-order valence-electron chi connectivity index (χ1n) is 9.25. The summed E-state index contributed by atoms with van der Waals surface area (Å²) < 4.78 is 5.42. The van der Waals surface area contributed by atoms with Crippen molar-refractivity contribution in [2.45, 2.75) is 19.3 Å². The number of cyclic esters (lactones) is 1. The fourth-order valence-corrected chi connectivity index (χ4v) is 3.80. The van der Waals surface area contributed by atoms with E-state index in [-0.39, 0.29) is 11.9 Å². The van der Waals surface area contributed by atoms with E-state index in [1.807, 2.05) is 44.2 Å². The molecule has 0 fully saturated rings. The first-order chi connectivity index (χ1) is 14.0. The highest BCUT2D eigenvalue weighted by molar-refractivity contribution is 6.12. The van der Waals surface area contributed by atoms with Gasteiger partial charge >= 0.3 is 5.97 Å². The van der Waals surface area contributed by atoms with Gasteiger partial charge in [0.05, 0.1) is 34.2 Å². The molecule has 2 aliphatic heterocycles. The summed E-state index contributed by atoms with van der Waals surface area (Å²) >= 11 is 0. The van der Waals surface area contributed by atoms with Gasteiger partial charge in [0.1, 0.15) is 5.76 Å². The van der Waals surface area contributed by atoms with Crippen LogP contribution in [-0.2, 0) is 14.9 Å². The normalized spacial score (nSPS) is 18.0. The van der Waals surface area contributed by atoms with E-state index < -0.39 is 5.41 Å². The Morgan fingerprint density at radius 1 is 1.03 bits per heavy atom. The number of rotatable bonds is 2. The Morgan fingerprint density at radius 2 is 1.83 bits per heavy atom. The predicted molar refractivity (Wildman–Crippen MR) is 108 cm³/mol. The van der Waals surface area contributed by atoms with Crippen molar-refractivity contribution in [3.8, 4) is 0 Å². The highest BCUT2D eigenvalue weighted by Crippen LogP contribution is 2.44. The van der Waals surface area contributed by atoms with Crippen LogP contribution in [0.15, 0.2) is 61.1 Å². The molecule has 142 valence electrons. The van der Waals surface area contributed by atoms with E-state index in [0.717, 1.165) is 22.5 Å². The van der Waals surface area contributed by atoms with Gasteiger partial charge in [0, 0.05) is 18.0 Å². The third-order valence-corrected chi connectivity index (χ3v) is 5.27. The van der Waals surface area contributed by atoms with Gasteiger partial charge in [0.2, 0.25) is 5.91 Å². The predicted octanol–water partition coefficient (Wildman–Crippen LogP) is 4.10. The zero-order valence-corrected chi connectivity index (χ0v) is 15.9. The zero-order chi connectivity index (χ0) is 20.2. The molecule has 0 radical (unpaired) electrons. The summed E-state index contributed by atoms with van der Waals surface area (Å²) in [6.07, 6.45) is 6.77. The van der Waals surface area contributed by atoms with Crippen LogP contribution in [-0.4, -0.2) is 21.8 Å². The highest BCUT2D eigenvalue weighted by atomic mass is 16.5. The lowest BCUT2D eigenvalue weighted by Gasteiger charge is -2.20. The van der Waals surface area contributed by atoms with Gasteiger partial charge in [-0.3, -0.25) is 19.7 Å². The molecule has 2 aliphatic rings. The van der Waals surface area contributed by atoms with Gasteiger partial charge in [0.25, 0.3) is 0 Å². The fourth-order valence-electron chi connectivity index (χ4n) is 3.80. The monoisotopic (exact) mass is 383 g/mol. The third kappa shape index (κ3) is 2.56. The number of anilines is 2. The molecule has 0 spiro atoms. The van der Waals surface area contributed by atoms with Crippen LogP contribution in [0.25, 0.3) is 11.8 Å². The van der Waals surface area contributed by atoms with Crippen LogP contribution in [0.3, 0.4) is 0 Å². The summed E-state index contributed by atoms with van der Waals surface area (Å²) in [4.78, 5) is 35.5. The molecule has 6 heteroatoms. The van der Waals surface area contributed by atoms with Gasteiger partial charge in [-0.2, -0.15) is 0 Å². The summed E-state index contributed by atoms with van der Waals surface area (Å²) in [5.74, 6) is 0.0440. The van der Waals surface area contributed by atoms with E-state index in [9.17, 15) is 9.59 Å². The zero-order valence-electron chi connectivity index (χ0n) is 15.9. The fraction of sp³-hybridized carbons (Fsp3) is 0.130. The highest BCUT2D eigenvalue weighted by Gasteiger charge is 2.45. The smallest absolute Gasteiger partial charge is 0.344 e. The molecule has 0 saturated heterocycles. The van der Waals surface area contributed by atoms with E-state index in [0.29, 0.717) is 17.0 Å². The van der Waals surface area contributed by atoms with Crippen molar-refractivity contribution in [3.05, 3.63) is 83.4 Å². The van der Waals surface area contributed by atoms with Crippen LogP contribution in [0.1, 0.15) is 41.0 Å². The van der Waals surface area contributed by atoms with Crippen molar-refractivity contribution in [1.82, 2.24) is 9.97 Å². The molecule has 29 heavy (non-hydrogen) atoms. The van der Waals surface area contributed by atoms with E-state index in [4.69, 9.17) is 4.74 Å². The number of hydrogen-bond acceptors (Lipinski definition) is 5. The number of aromatic nitrogens is 2. The van der Waals surface area contributed by atoms with Crippen molar-refractivity contribution in [3.63, 3.8) is 0 Å². The van der Waals surface area contributed by atoms with Crippen LogP contribution in [0.5, 0.6) is 0 Å². The van der Waals surface area contributed by atoms with E-state index in [1.165, 1.54) is 0 Å². The summed E-state index contributed by atoms with van der Waals surface area (Å²) in [6, 6.07) is 12.8. The van der Waals surface area contributed by atoms with Gasteiger partial charge in [-0.05, 0) is 49.8 Å². The van der Waals surface area contributed by atoms with Crippen molar-refractivity contribution in [2.75, 3.05) is 4.90 Å². The number of pyridine rings is 2.